The molecule has 0 atom stereocenters. The Morgan fingerprint density at radius 2 is 1.44 bits per heavy atom. The molecule has 0 fully saturated rings. The van der Waals surface area contributed by atoms with Gasteiger partial charge in [-0.3, -0.25) is 12.2 Å². The van der Waals surface area contributed by atoms with E-state index < -0.39 is 0 Å². The predicted molar refractivity (Wildman–Crippen MR) is 172 cm³/mol. The molecule has 0 radical (unpaired) electrons. The van der Waals surface area contributed by atoms with Crippen molar-refractivity contribution >= 4 is 41.2 Å². The van der Waals surface area contributed by atoms with Crippen molar-refractivity contribution in [1.82, 2.24) is 0 Å². The molecule has 0 heterocycles. The Labute approximate surface area is 264 Å². The van der Waals surface area contributed by atoms with Crippen LogP contribution in [0, 0.1) is 25.6 Å². The van der Waals surface area contributed by atoms with Crippen molar-refractivity contribution in [3.63, 3.8) is 0 Å². The molecule has 0 bridgehead atoms. The fourth-order valence-electron chi connectivity index (χ4n) is 5.08. The van der Waals surface area contributed by atoms with E-state index in [-0.39, 0.29) is 43.1 Å². The third-order valence-corrected chi connectivity index (χ3v) is 7.05. The zero-order chi connectivity index (χ0) is 25.8. The van der Waals surface area contributed by atoms with Crippen LogP contribution in [0.15, 0.2) is 78.9 Å². The van der Waals surface area contributed by atoms with Crippen LogP contribution in [0.1, 0.15) is 67.5 Å². The summed E-state index contributed by atoms with van der Waals surface area (Å²) in [4.78, 5) is 0. The molecule has 0 aliphatic heterocycles. The number of allylic oxidation sites excluding steroid dienone is 6. The molecule has 0 aromatic heterocycles. The molecule has 0 unspecified atom stereocenters. The minimum Gasteiger partial charge on any atom is -0.358 e. The van der Waals surface area contributed by atoms with Crippen LogP contribution < -0.4 is 0 Å². The van der Waals surface area contributed by atoms with Gasteiger partial charge in [0.15, 0.2) is 0 Å². The summed E-state index contributed by atoms with van der Waals surface area (Å²) in [6.45, 7) is 9.13. The van der Waals surface area contributed by atoms with E-state index in [2.05, 4.69) is 98.7 Å². The molecular formula is C36H38Cl2Zr-4. The number of hydrogen-bond acceptors (Lipinski definition) is 0. The van der Waals surface area contributed by atoms with Gasteiger partial charge in [-0.1, -0.05) is 57.4 Å². The van der Waals surface area contributed by atoms with Crippen molar-refractivity contribution in [1.29, 1.82) is 0 Å². The summed E-state index contributed by atoms with van der Waals surface area (Å²) in [5.41, 5.74) is 11.7. The molecule has 0 amide bonds. The van der Waals surface area contributed by atoms with Crippen LogP contribution in [0.25, 0.3) is 23.3 Å². The molecule has 0 saturated carbocycles. The number of hydrogen-bond donors (Lipinski definition) is 0. The largest absolute Gasteiger partial charge is 0.358 e. The molecule has 3 aromatic rings. The molecule has 0 saturated heterocycles. The van der Waals surface area contributed by atoms with Crippen molar-refractivity contribution in [3.8, 4) is 11.1 Å². The van der Waals surface area contributed by atoms with E-state index in [4.69, 9.17) is 0 Å². The SMILES string of the molecule is CC1(C)[C-]=Cc2cc3c(cc21)Cc1cc2c(cc1-3)C=CC2(C)C.Cl.Cl.[C-]1=CC=CC1.[CH2]=[Zr].[CH3-].[c-]1ccccc1. The molecule has 7 rings (SSSR count). The van der Waals surface area contributed by atoms with E-state index in [9.17, 15) is 0 Å². The first-order valence-corrected chi connectivity index (χ1v) is 14.2. The van der Waals surface area contributed by atoms with Gasteiger partial charge in [0.1, 0.15) is 0 Å². The number of rotatable bonds is 0. The molecule has 204 valence electrons. The summed E-state index contributed by atoms with van der Waals surface area (Å²) in [7, 11) is 0. The molecule has 0 nitrogen and oxygen atoms in total. The first-order valence-electron chi connectivity index (χ1n) is 12.5. The van der Waals surface area contributed by atoms with Gasteiger partial charge in [0.2, 0.25) is 0 Å². The maximum Gasteiger partial charge on any atom is -0.171 e. The predicted octanol–water partition coefficient (Wildman–Crippen LogP) is 9.72. The second-order valence-corrected chi connectivity index (χ2v) is 10.4. The Morgan fingerprint density at radius 3 is 1.92 bits per heavy atom. The van der Waals surface area contributed by atoms with Crippen LogP contribution >= 0.6 is 24.8 Å². The summed E-state index contributed by atoms with van der Waals surface area (Å²) < 4.78 is 3.34. The van der Waals surface area contributed by atoms with Crippen molar-refractivity contribution in [2.75, 3.05) is 0 Å². The van der Waals surface area contributed by atoms with Gasteiger partial charge in [0.25, 0.3) is 0 Å². The quantitative estimate of drug-likeness (QED) is 0.169. The summed E-state index contributed by atoms with van der Waals surface area (Å²) in [5.74, 6) is 0. The molecule has 3 aromatic carbocycles. The fraction of sp³-hybridized carbons (Fsp3) is 0.222. The minimum atomic E-state index is 0. The summed E-state index contributed by atoms with van der Waals surface area (Å²) >= 11 is 1.30. The maximum absolute atomic E-state index is 3.50. The Morgan fingerprint density at radius 1 is 0.821 bits per heavy atom. The van der Waals surface area contributed by atoms with Crippen LogP contribution in [0.2, 0.25) is 0 Å². The summed E-state index contributed by atoms with van der Waals surface area (Å²) in [6.07, 6.45) is 21.4. The number of fused-ring (bicyclic) bond motifs is 5. The van der Waals surface area contributed by atoms with Gasteiger partial charge in [0.05, 0.1) is 0 Å². The molecule has 4 aliphatic carbocycles. The Kier molecular flexibility index (Phi) is 13.5. The third-order valence-electron chi connectivity index (χ3n) is 7.05. The second-order valence-electron chi connectivity index (χ2n) is 10.4. The molecule has 0 N–H and O–H groups in total. The topological polar surface area (TPSA) is 0 Å². The third kappa shape index (κ3) is 7.79. The standard InChI is InChI=1S/C23H21.C6H5.C5H5.CH3.CH2.2ClH.Zr/c1-22(2)7-5-14-10-18-16(12-20(14)22)9-17-13-21-15(11-19(17)18)6-8-23(21,3)4;1-2-4-6-5-3-1;1-2-4-5-3-1;;;;;/h5-7,10-13H,9H2,1-4H3;1-5H;1-3H,4H2;1H3;1H2;2*1H;/q4*-1;;;;. The van der Waals surface area contributed by atoms with Gasteiger partial charge < -0.3 is 7.43 Å². The van der Waals surface area contributed by atoms with Crippen molar-refractivity contribution in [3.05, 3.63) is 138 Å². The normalized spacial score (nSPS) is 15.6. The van der Waals surface area contributed by atoms with Crippen LogP contribution in [0.4, 0.5) is 0 Å². The number of halogens is 2. The monoisotopic (exact) mass is 630 g/mol. The Balaban J connectivity index is 0.000000398. The Bertz CT molecular complexity index is 1240. The van der Waals surface area contributed by atoms with E-state index in [0.29, 0.717) is 0 Å². The smallest absolute Gasteiger partial charge is 0.171 e. The van der Waals surface area contributed by atoms with Crippen molar-refractivity contribution in [2.45, 2.75) is 51.4 Å². The maximum atomic E-state index is 3.50. The zero-order valence-electron chi connectivity index (χ0n) is 23.6. The average Bonchev–Trinajstić information content (AvgIpc) is 3.69. The first kappa shape index (κ1) is 35.0. The van der Waals surface area contributed by atoms with Gasteiger partial charge in [-0.05, 0) is 45.9 Å². The van der Waals surface area contributed by atoms with Crippen LogP contribution in [-0.4, -0.2) is 4.21 Å². The first-order chi connectivity index (χ1) is 17.4. The molecule has 4 aliphatic rings. The molecular weight excluding hydrogens is 595 g/mol. The van der Waals surface area contributed by atoms with Crippen LogP contribution in [-0.2, 0) is 41.5 Å². The van der Waals surface area contributed by atoms with Crippen LogP contribution in [0.5, 0.6) is 0 Å². The minimum absolute atomic E-state index is 0. The van der Waals surface area contributed by atoms with Gasteiger partial charge in [-0.2, -0.15) is 48.0 Å². The Hall–Kier alpha value is -2.05. The van der Waals surface area contributed by atoms with Gasteiger partial charge in [0, 0.05) is 5.41 Å². The second kappa shape index (κ2) is 15.1. The fourth-order valence-corrected chi connectivity index (χ4v) is 5.08. The molecule has 3 heteroatoms. The van der Waals surface area contributed by atoms with E-state index in [1.54, 1.807) is 0 Å². The van der Waals surface area contributed by atoms with Crippen molar-refractivity contribution in [2.24, 2.45) is 0 Å². The summed E-state index contributed by atoms with van der Waals surface area (Å²) in [6, 6.07) is 22.2. The molecule has 39 heavy (non-hydrogen) atoms. The zero-order valence-corrected chi connectivity index (χ0v) is 27.7. The summed E-state index contributed by atoms with van der Waals surface area (Å²) in [5, 5.41) is 0. The van der Waals surface area contributed by atoms with E-state index in [1.165, 1.54) is 68.7 Å². The number of benzene rings is 3. The van der Waals surface area contributed by atoms with E-state index in [0.717, 1.165) is 12.8 Å². The van der Waals surface area contributed by atoms with E-state index >= 15 is 0 Å². The van der Waals surface area contributed by atoms with Gasteiger partial charge >= 0.3 is 28.4 Å². The van der Waals surface area contributed by atoms with Crippen LogP contribution in [0.3, 0.4) is 0 Å². The van der Waals surface area contributed by atoms with Crippen molar-refractivity contribution < 1.29 is 24.2 Å². The van der Waals surface area contributed by atoms with E-state index in [1.807, 2.05) is 42.5 Å². The van der Waals surface area contributed by atoms with Gasteiger partial charge in [-0.15, -0.1) is 42.9 Å². The van der Waals surface area contributed by atoms with Gasteiger partial charge in [-0.25, -0.2) is 18.2 Å². The molecule has 0 spiro atoms. The average molecular weight is 633 g/mol.